The highest BCUT2D eigenvalue weighted by Gasteiger charge is 2.17. The summed E-state index contributed by atoms with van der Waals surface area (Å²) in [5, 5.41) is 8.03. The maximum Gasteiger partial charge on any atom is 0.0548 e. The van der Waals surface area contributed by atoms with Gasteiger partial charge in [-0.2, -0.15) is 0 Å². The van der Waals surface area contributed by atoms with E-state index in [4.69, 9.17) is 0 Å². The summed E-state index contributed by atoms with van der Waals surface area (Å²) in [5.74, 6) is 0. The molecule has 10 aromatic rings. The first kappa shape index (κ1) is 25.1. The standard InChI is InChI=1S/C42H25NS2/c1-4-10-35-32(8-1)41-36(22-24-40-42(41)33-9-3-6-12-38(33)45-40)43(35)30-20-17-27(18-21-30)26-13-15-28(16-14-26)29-19-23-39-34(25-29)31-7-2-5-11-37(31)44-39/h1-25H. The van der Waals surface area contributed by atoms with Crippen LogP contribution in [0, 0.1) is 0 Å². The number of para-hydroxylation sites is 1. The number of thiophene rings is 2. The van der Waals surface area contributed by atoms with Gasteiger partial charge in [0.05, 0.1) is 11.0 Å². The SMILES string of the molecule is c1ccc2c(c1)sc1ccc(-c3ccc(-c4ccc(-n5c6ccccc6c6c7c(ccc65)sc5ccccc57)cc4)cc3)cc12. The Morgan fingerprint density at radius 2 is 0.867 bits per heavy atom. The zero-order valence-electron chi connectivity index (χ0n) is 24.2. The fourth-order valence-electron chi connectivity index (χ4n) is 7.12. The van der Waals surface area contributed by atoms with Crippen molar-refractivity contribution in [3.63, 3.8) is 0 Å². The van der Waals surface area contributed by atoms with Gasteiger partial charge in [-0.25, -0.2) is 0 Å². The Morgan fingerprint density at radius 3 is 1.64 bits per heavy atom. The quantitative estimate of drug-likeness (QED) is 0.188. The van der Waals surface area contributed by atoms with E-state index in [1.807, 2.05) is 22.7 Å². The van der Waals surface area contributed by atoms with Crippen LogP contribution in [0.3, 0.4) is 0 Å². The molecule has 0 spiro atoms. The van der Waals surface area contributed by atoms with Crippen LogP contribution in [0.2, 0.25) is 0 Å². The molecule has 0 atom stereocenters. The molecule has 0 aliphatic carbocycles. The lowest BCUT2D eigenvalue weighted by Crippen LogP contribution is -1.93. The van der Waals surface area contributed by atoms with Crippen LogP contribution in [0.15, 0.2) is 152 Å². The molecule has 0 saturated carbocycles. The first-order chi connectivity index (χ1) is 22.3. The van der Waals surface area contributed by atoms with Gasteiger partial charge in [-0.15, -0.1) is 22.7 Å². The summed E-state index contributed by atoms with van der Waals surface area (Å²) < 4.78 is 7.79. The topological polar surface area (TPSA) is 4.93 Å². The second kappa shape index (κ2) is 9.64. The molecule has 0 aliphatic heterocycles. The summed E-state index contributed by atoms with van der Waals surface area (Å²) in [6.45, 7) is 0. The summed E-state index contributed by atoms with van der Waals surface area (Å²) in [5.41, 5.74) is 8.61. The van der Waals surface area contributed by atoms with Crippen molar-refractivity contribution >= 4 is 84.8 Å². The fourth-order valence-corrected chi connectivity index (χ4v) is 9.32. The van der Waals surface area contributed by atoms with Gasteiger partial charge >= 0.3 is 0 Å². The molecule has 210 valence electrons. The molecule has 0 radical (unpaired) electrons. The zero-order valence-corrected chi connectivity index (χ0v) is 25.8. The summed E-state index contributed by atoms with van der Waals surface area (Å²) in [7, 11) is 0. The van der Waals surface area contributed by atoms with Crippen molar-refractivity contribution in [2.24, 2.45) is 0 Å². The zero-order chi connectivity index (χ0) is 29.5. The Labute approximate surface area is 267 Å². The summed E-state index contributed by atoms with van der Waals surface area (Å²) in [6.07, 6.45) is 0. The molecule has 0 N–H and O–H groups in total. The van der Waals surface area contributed by atoms with E-state index >= 15 is 0 Å². The van der Waals surface area contributed by atoms with Crippen molar-refractivity contribution in [1.82, 2.24) is 4.57 Å². The Hall–Kier alpha value is -5.22. The maximum absolute atomic E-state index is 2.42. The second-order valence-electron chi connectivity index (χ2n) is 11.7. The van der Waals surface area contributed by atoms with Gasteiger partial charge in [-0.05, 0) is 76.9 Å². The van der Waals surface area contributed by atoms with E-state index in [0.717, 1.165) is 0 Å². The molecule has 0 saturated heterocycles. The van der Waals surface area contributed by atoms with Gasteiger partial charge in [0, 0.05) is 56.8 Å². The van der Waals surface area contributed by atoms with Gasteiger partial charge in [0.15, 0.2) is 0 Å². The van der Waals surface area contributed by atoms with Crippen molar-refractivity contribution in [2.75, 3.05) is 0 Å². The predicted molar refractivity (Wildman–Crippen MR) is 197 cm³/mol. The summed E-state index contributed by atoms with van der Waals surface area (Å²) in [6, 6.07) is 55.8. The summed E-state index contributed by atoms with van der Waals surface area (Å²) >= 11 is 3.75. The lowest BCUT2D eigenvalue weighted by Gasteiger charge is -2.10. The minimum atomic E-state index is 1.18. The Bertz CT molecular complexity index is 2740. The van der Waals surface area contributed by atoms with E-state index in [1.54, 1.807) is 0 Å². The number of hydrogen-bond acceptors (Lipinski definition) is 2. The van der Waals surface area contributed by atoms with Gasteiger partial charge in [-0.3, -0.25) is 0 Å². The lowest BCUT2D eigenvalue weighted by atomic mass is 9.99. The highest BCUT2D eigenvalue weighted by molar-refractivity contribution is 7.26. The van der Waals surface area contributed by atoms with Gasteiger partial charge in [0.1, 0.15) is 0 Å². The molecule has 1 nitrogen and oxygen atoms in total. The minimum absolute atomic E-state index is 1.18. The van der Waals surface area contributed by atoms with Crippen molar-refractivity contribution in [1.29, 1.82) is 0 Å². The molecule has 7 aromatic carbocycles. The van der Waals surface area contributed by atoms with E-state index in [1.165, 1.54) is 90.1 Å². The molecule has 3 aromatic heterocycles. The molecule has 10 rings (SSSR count). The van der Waals surface area contributed by atoms with E-state index in [9.17, 15) is 0 Å². The predicted octanol–water partition coefficient (Wildman–Crippen LogP) is 12.9. The average molecular weight is 608 g/mol. The van der Waals surface area contributed by atoms with Crippen molar-refractivity contribution in [3.05, 3.63) is 152 Å². The van der Waals surface area contributed by atoms with Crippen LogP contribution < -0.4 is 0 Å². The fraction of sp³-hybridized carbons (Fsp3) is 0. The number of rotatable bonds is 3. The Balaban J connectivity index is 1.05. The van der Waals surface area contributed by atoms with Crippen molar-refractivity contribution in [3.8, 4) is 27.9 Å². The second-order valence-corrected chi connectivity index (χ2v) is 13.9. The number of hydrogen-bond donors (Lipinski definition) is 0. The third-order valence-electron chi connectivity index (χ3n) is 9.23. The highest BCUT2D eigenvalue weighted by atomic mass is 32.1. The first-order valence-electron chi connectivity index (χ1n) is 15.3. The van der Waals surface area contributed by atoms with Crippen molar-refractivity contribution < 1.29 is 0 Å². The van der Waals surface area contributed by atoms with Crippen LogP contribution in [0.5, 0.6) is 0 Å². The highest BCUT2D eigenvalue weighted by Crippen LogP contribution is 2.43. The number of fused-ring (bicyclic) bond motifs is 10. The molecule has 3 heteroatoms. The lowest BCUT2D eigenvalue weighted by molar-refractivity contribution is 1.18. The molecule has 45 heavy (non-hydrogen) atoms. The molecule has 0 aliphatic rings. The number of aromatic nitrogens is 1. The van der Waals surface area contributed by atoms with Gasteiger partial charge in [0.25, 0.3) is 0 Å². The van der Waals surface area contributed by atoms with E-state index in [-0.39, 0.29) is 0 Å². The molecule has 0 unspecified atom stereocenters. The minimum Gasteiger partial charge on any atom is -0.309 e. The van der Waals surface area contributed by atoms with Crippen LogP contribution in [0.4, 0.5) is 0 Å². The van der Waals surface area contributed by atoms with E-state index in [2.05, 4.69) is 156 Å². The first-order valence-corrected chi connectivity index (χ1v) is 16.9. The maximum atomic E-state index is 2.42. The van der Waals surface area contributed by atoms with Gasteiger partial charge in [-0.1, -0.05) is 97.1 Å². The van der Waals surface area contributed by atoms with Crippen LogP contribution in [0.1, 0.15) is 0 Å². The molecule has 0 amide bonds. The third kappa shape index (κ3) is 3.78. The van der Waals surface area contributed by atoms with Crippen LogP contribution in [-0.4, -0.2) is 4.57 Å². The Kier molecular flexibility index (Phi) is 5.39. The molecule has 0 bridgehead atoms. The van der Waals surface area contributed by atoms with Crippen LogP contribution in [-0.2, 0) is 0 Å². The third-order valence-corrected chi connectivity index (χ3v) is 11.5. The monoisotopic (exact) mass is 607 g/mol. The van der Waals surface area contributed by atoms with E-state index < -0.39 is 0 Å². The van der Waals surface area contributed by atoms with E-state index in [0.29, 0.717) is 0 Å². The smallest absolute Gasteiger partial charge is 0.0548 e. The number of nitrogens with zero attached hydrogens (tertiary/aromatic N) is 1. The van der Waals surface area contributed by atoms with Crippen molar-refractivity contribution in [2.45, 2.75) is 0 Å². The molecule has 3 heterocycles. The van der Waals surface area contributed by atoms with Gasteiger partial charge < -0.3 is 4.57 Å². The normalized spacial score (nSPS) is 12.0. The van der Waals surface area contributed by atoms with Crippen LogP contribution in [0.25, 0.3) is 90.1 Å². The molecule has 0 fully saturated rings. The van der Waals surface area contributed by atoms with Gasteiger partial charge in [0.2, 0.25) is 0 Å². The molecular formula is C42H25NS2. The largest absolute Gasteiger partial charge is 0.309 e. The summed E-state index contributed by atoms with van der Waals surface area (Å²) in [4.78, 5) is 0. The Morgan fingerprint density at radius 1 is 0.333 bits per heavy atom. The average Bonchev–Trinajstić information content (AvgIpc) is 3.77. The molecular weight excluding hydrogens is 583 g/mol. The van der Waals surface area contributed by atoms with Crippen LogP contribution >= 0.6 is 22.7 Å². The number of benzene rings is 7.